The monoisotopic (exact) mass is 394 g/mol. The molecule has 0 unspecified atom stereocenters. The Kier molecular flexibility index (Phi) is 6.22. The number of rotatable bonds is 7. The SMILES string of the molecule is CCOC(=O)CNC(=O)c1cccc2c1ccn2Cc1ccc(O)c(C(C)C)c1. The van der Waals surface area contributed by atoms with Crippen LogP contribution in [0.15, 0.2) is 48.7 Å². The van der Waals surface area contributed by atoms with Crippen molar-refractivity contribution >= 4 is 22.8 Å². The first-order valence-electron chi connectivity index (χ1n) is 9.74. The van der Waals surface area contributed by atoms with Crippen molar-refractivity contribution in [1.29, 1.82) is 0 Å². The maximum absolute atomic E-state index is 12.5. The van der Waals surface area contributed by atoms with Crippen molar-refractivity contribution in [2.24, 2.45) is 0 Å². The summed E-state index contributed by atoms with van der Waals surface area (Å²) in [6, 6.07) is 13.1. The van der Waals surface area contributed by atoms with Crippen molar-refractivity contribution in [2.45, 2.75) is 33.2 Å². The van der Waals surface area contributed by atoms with Gasteiger partial charge in [-0.3, -0.25) is 9.59 Å². The number of nitrogens with zero attached hydrogens (tertiary/aromatic N) is 1. The molecule has 0 spiro atoms. The number of ether oxygens (including phenoxy) is 1. The average molecular weight is 394 g/mol. The summed E-state index contributed by atoms with van der Waals surface area (Å²) in [6.45, 7) is 6.56. The lowest BCUT2D eigenvalue weighted by Crippen LogP contribution is -2.30. The van der Waals surface area contributed by atoms with Gasteiger partial charge in [0.05, 0.1) is 6.61 Å². The van der Waals surface area contributed by atoms with Crippen LogP contribution < -0.4 is 5.32 Å². The van der Waals surface area contributed by atoms with Crippen LogP contribution in [0.4, 0.5) is 0 Å². The Labute approximate surface area is 170 Å². The molecule has 6 heteroatoms. The normalized spacial score (nSPS) is 11.0. The summed E-state index contributed by atoms with van der Waals surface area (Å²) in [7, 11) is 0. The predicted octanol–water partition coefficient (Wildman–Crippen LogP) is 3.81. The van der Waals surface area contributed by atoms with Crippen LogP contribution in [0, 0.1) is 0 Å². The predicted molar refractivity (Wildman–Crippen MR) is 112 cm³/mol. The lowest BCUT2D eigenvalue weighted by Gasteiger charge is -2.12. The second-order valence-electron chi connectivity index (χ2n) is 7.22. The van der Waals surface area contributed by atoms with Gasteiger partial charge in [0.2, 0.25) is 0 Å². The number of aromatic hydroxyl groups is 1. The molecule has 1 aromatic heterocycles. The van der Waals surface area contributed by atoms with Gasteiger partial charge in [0, 0.05) is 29.2 Å². The minimum absolute atomic E-state index is 0.157. The Hall–Kier alpha value is -3.28. The summed E-state index contributed by atoms with van der Waals surface area (Å²) in [5.74, 6) is -0.236. The third-order valence-corrected chi connectivity index (χ3v) is 4.82. The molecule has 152 valence electrons. The quantitative estimate of drug-likeness (QED) is 0.597. The molecule has 0 aliphatic rings. The van der Waals surface area contributed by atoms with Gasteiger partial charge >= 0.3 is 5.97 Å². The molecule has 2 N–H and O–H groups in total. The van der Waals surface area contributed by atoms with Crippen LogP contribution in [-0.4, -0.2) is 34.7 Å². The third-order valence-electron chi connectivity index (χ3n) is 4.82. The zero-order chi connectivity index (χ0) is 21.0. The molecular weight excluding hydrogens is 368 g/mol. The summed E-state index contributed by atoms with van der Waals surface area (Å²) in [6.07, 6.45) is 1.94. The number of hydrogen-bond donors (Lipinski definition) is 2. The van der Waals surface area contributed by atoms with E-state index >= 15 is 0 Å². The smallest absolute Gasteiger partial charge is 0.325 e. The highest BCUT2D eigenvalue weighted by molar-refractivity contribution is 6.07. The summed E-state index contributed by atoms with van der Waals surface area (Å²) in [5.41, 5.74) is 3.42. The Morgan fingerprint density at radius 3 is 2.69 bits per heavy atom. The number of aromatic nitrogens is 1. The van der Waals surface area contributed by atoms with E-state index in [2.05, 4.69) is 9.88 Å². The van der Waals surface area contributed by atoms with Crippen LogP contribution in [0.2, 0.25) is 0 Å². The first-order chi connectivity index (χ1) is 13.9. The van der Waals surface area contributed by atoms with Gasteiger partial charge < -0.3 is 19.7 Å². The maximum atomic E-state index is 12.5. The van der Waals surface area contributed by atoms with E-state index in [0.29, 0.717) is 17.9 Å². The second kappa shape index (κ2) is 8.82. The Bertz CT molecular complexity index is 1040. The average Bonchev–Trinajstić information content (AvgIpc) is 3.10. The number of benzene rings is 2. The number of fused-ring (bicyclic) bond motifs is 1. The lowest BCUT2D eigenvalue weighted by molar-refractivity contribution is -0.141. The van der Waals surface area contributed by atoms with E-state index in [1.807, 2.05) is 50.4 Å². The molecule has 0 aliphatic carbocycles. The molecule has 0 bridgehead atoms. The molecule has 1 heterocycles. The summed E-state index contributed by atoms with van der Waals surface area (Å²) >= 11 is 0. The molecule has 3 rings (SSSR count). The van der Waals surface area contributed by atoms with Crippen molar-refractivity contribution in [3.8, 4) is 5.75 Å². The molecule has 0 saturated heterocycles. The standard InChI is InChI=1S/C23H26N2O4/c1-4-29-22(27)13-24-23(28)18-6-5-7-20-17(18)10-11-25(20)14-16-8-9-21(26)19(12-16)15(2)3/h5-12,15,26H,4,13-14H2,1-3H3,(H,24,28). The molecule has 0 fully saturated rings. The van der Waals surface area contributed by atoms with E-state index in [9.17, 15) is 14.7 Å². The highest BCUT2D eigenvalue weighted by Crippen LogP contribution is 2.27. The van der Waals surface area contributed by atoms with Crippen LogP contribution in [0.25, 0.3) is 10.9 Å². The third kappa shape index (κ3) is 4.59. The highest BCUT2D eigenvalue weighted by atomic mass is 16.5. The summed E-state index contributed by atoms with van der Waals surface area (Å²) < 4.78 is 6.91. The van der Waals surface area contributed by atoms with Crippen LogP contribution in [-0.2, 0) is 16.1 Å². The van der Waals surface area contributed by atoms with E-state index in [1.54, 1.807) is 19.1 Å². The van der Waals surface area contributed by atoms with Gasteiger partial charge in [-0.15, -0.1) is 0 Å². The number of nitrogens with one attached hydrogen (secondary N) is 1. The summed E-state index contributed by atoms with van der Waals surface area (Å²) in [4.78, 5) is 24.0. The van der Waals surface area contributed by atoms with Gasteiger partial charge in [0.1, 0.15) is 12.3 Å². The van der Waals surface area contributed by atoms with Crippen LogP contribution >= 0.6 is 0 Å². The van der Waals surface area contributed by atoms with E-state index in [-0.39, 0.29) is 25.0 Å². The molecule has 0 saturated carbocycles. The minimum Gasteiger partial charge on any atom is -0.508 e. The van der Waals surface area contributed by atoms with Gasteiger partial charge in [-0.2, -0.15) is 0 Å². The van der Waals surface area contributed by atoms with Gasteiger partial charge in [-0.25, -0.2) is 0 Å². The van der Waals surface area contributed by atoms with Gasteiger partial charge in [-0.1, -0.05) is 32.0 Å². The number of carbonyl (C=O) groups is 2. The zero-order valence-corrected chi connectivity index (χ0v) is 16.9. The molecule has 2 aromatic carbocycles. The van der Waals surface area contributed by atoms with Crippen LogP contribution in [0.1, 0.15) is 48.2 Å². The molecule has 1 amide bonds. The number of esters is 1. The topological polar surface area (TPSA) is 80.6 Å². The van der Waals surface area contributed by atoms with Crippen molar-refractivity contribution in [3.05, 3.63) is 65.4 Å². The highest BCUT2D eigenvalue weighted by Gasteiger charge is 2.14. The maximum Gasteiger partial charge on any atom is 0.325 e. The fraction of sp³-hybridized carbons (Fsp3) is 0.304. The Morgan fingerprint density at radius 2 is 1.97 bits per heavy atom. The van der Waals surface area contributed by atoms with E-state index in [1.165, 1.54) is 0 Å². The van der Waals surface area contributed by atoms with Gasteiger partial charge in [0.25, 0.3) is 5.91 Å². The molecule has 29 heavy (non-hydrogen) atoms. The molecule has 0 radical (unpaired) electrons. The fourth-order valence-electron chi connectivity index (χ4n) is 3.38. The number of amides is 1. The largest absolute Gasteiger partial charge is 0.508 e. The Morgan fingerprint density at radius 1 is 1.17 bits per heavy atom. The molecule has 0 aliphatic heterocycles. The van der Waals surface area contributed by atoms with Crippen LogP contribution in [0.3, 0.4) is 0 Å². The van der Waals surface area contributed by atoms with Gasteiger partial charge in [0.15, 0.2) is 0 Å². The van der Waals surface area contributed by atoms with E-state index < -0.39 is 5.97 Å². The number of carbonyl (C=O) groups excluding carboxylic acids is 2. The zero-order valence-electron chi connectivity index (χ0n) is 16.9. The lowest BCUT2D eigenvalue weighted by atomic mass is 9.99. The molecule has 0 atom stereocenters. The molecular formula is C23H26N2O4. The fourth-order valence-corrected chi connectivity index (χ4v) is 3.38. The van der Waals surface area contributed by atoms with Crippen molar-refractivity contribution in [1.82, 2.24) is 9.88 Å². The minimum atomic E-state index is -0.459. The van der Waals surface area contributed by atoms with Crippen molar-refractivity contribution < 1.29 is 19.4 Å². The molecule has 3 aromatic rings. The van der Waals surface area contributed by atoms with E-state index in [0.717, 1.165) is 22.0 Å². The van der Waals surface area contributed by atoms with Crippen molar-refractivity contribution in [2.75, 3.05) is 13.2 Å². The first-order valence-corrected chi connectivity index (χ1v) is 9.74. The number of phenols is 1. The second-order valence-corrected chi connectivity index (χ2v) is 7.22. The number of phenolic OH excluding ortho intramolecular Hbond substituents is 1. The van der Waals surface area contributed by atoms with Crippen molar-refractivity contribution in [3.63, 3.8) is 0 Å². The first kappa shape index (κ1) is 20.5. The van der Waals surface area contributed by atoms with E-state index in [4.69, 9.17) is 4.74 Å². The van der Waals surface area contributed by atoms with Gasteiger partial charge in [-0.05, 0) is 48.2 Å². The summed E-state index contributed by atoms with van der Waals surface area (Å²) in [5, 5.41) is 13.5. The van der Waals surface area contributed by atoms with Crippen LogP contribution in [0.5, 0.6) is 5.75 Å². The number of hydrogen-bond acceptors (Lipinski definition) is 4. The molecule has 6 nitrogen and oxygen atoms in total. The Balaban J connectivity index is 1.84.